The van der Waals surface area contributed by atoms with E-state index in [1.165, 1.54) is 0 Å². The summed E-state index contributed by atoms with van der Waals surface area (Å²) in [7, 11) is 0. The summed E-state index contributed by atoms with van der Waals surface area (Å²) in [5, 5.41) is 48.7. The molecule has 134 valence electrons. The van der Waals surface area contributed by atoms with E-state index in [-0.39, 0.29) is 12.8 Å². The normalized spacial score (nSPS) is 9.64. The Balaban J connectivity index is -0.000000261. The molecule has 22 heavy (non-hydrogen) atoms. The van der Waals surface area contributed by atoms with Gasteiger partial charge in [0.2, 0.25) is 0 Å². The standard InChI is InChI=1S/C6H10O4.2C4H10O2/c7-5(8)3-1-2-4-6(9)10;2*1-2-3-4(5)6/h1-4H2,(H,7,8)(H,9,10);2*4-6H,2-3H2,1H3. The van der Waals surface area contributed by atoms with Crippen molar-refractivity contribution in [3.05, 3.63) is 0 Å². The lowest BCUT2D eigenvalue weighted by Crippen LogP contribution is -2.01. The Hall–Kier alpha value is -1.22. The summed E-state index contributed by atoms with van der Waals surface area (Å²) in [6, 6.07) is 0. The fourth-order valence-electron chi connectivity index (χ4n) is 1.07. The van der Waals surface area contributed by atoms with E-state index < -0.39 is 24.5 Å². The number of aliphatic carboxylic acids is 2. The first-order valence-electron chi connectivity index (χ1n) is 7.33. The summed E-state index contributed by atoms with van der Waals surface area (Å²) < 4.78 is 0. The van der Waals surface area contributed by atoms with E-state index in [0.29, 0.717) is 25.7 Å². The van der Waals surface area contributed by atoms with Crippen LogP contribution in [0, 0.1) is 0 Å². The van der Waals surface area contributed by atoms with Gasteiger partial charge in [-0.2, -0.15) is 0 Å². The zero-order chi connectivity index (χ0) is 18.0. The Labute approximate surface area is 131 Å². The second kappa shape index (κ2) is 19.8. The highest BCUT2D eigenvalue weighted by atomic mass is 16.5. The number of carboxylic acid groups (broad SMARTS) is 2. The first-order valence-corrected chi connectivity index (χ1v) is 7.33. The second-order valence-corrected chi connectivity index (χ2v) is 4.53. The molecule has 0 heterocycles. The highest BCUT2D eigenvalue weighted by Crippen LogP contribution is 1.98. The van der Waals surface area contributed by atoms with Gasteiger partial charge >= 0.3 is 11.9 Å². The maximum Gasteiger partial charge on any atom is 0.303 e. The third kappa shape index (κ3) is 42.8. The number of hydrogen-bond donors (Lipinski definition) is 6. The number of hydrogen-bond acceptors (Lipinski definition) is 6. The molecule has 6 N–H and O–H groups in total. The largest absolute Gasteiger partial charge is 0.481 e. The molecule has 0 bridgehead atoms. The maximum absolute atomic E-state index is 9.90. The van der Waals surface area contributed by atoms with Gasteiger partial charge in [-0.3, -0.25) is 9.59 Å². The zero-order valence-electron chi connectivity index (χ0n) is 13.3. The zero-order valence-corrected chi connectivity index (χ0v) is 13.3. The third-order valence-electron chi connectivity index (χ3n) is 2.13. The van der Waals surface area contributed by atoms with Crippen molar-refractivity contribution in [3.8, 4) is 0 Å². The molecule has 0 aliphatic carbocycles. The second-order valence-electron chi connectivity index (χ2n) is 4.53. The Bertz CT molecular complexity index is 227. The molecule has 0 aromatic heterocycles. The fourth-order valence-corrected chi connectivity index (χ4v) is 1.07. The first-order chi connectivity index (χ1) is 10.2. The summed E-state index contributed by atoms with van der Waals surface area (Å²) in [6.45, 7) is 3.80. The monoisotopic (exact) mass is 326 g/mol. The van der Waals surface area contributed by atoms with Crippen molar-refractivity contribution in [2.75, 3.05) is 0 Å². The maximum atomic E-state index is 9.90. The predicted molar refractivity (Wildman–Crippen MR) is 80.0 cm³/mol. The number of aliphatic hydroxyl groups is 4. The van der Waals surface area contributed by atoms with E-state index in [1.54, 1.807) is 0 Å². The minimum absolute atomic E-state index is 0.0628. The molecule has 0 rings (SSSR count). The number of aliphatic hydroxyl groups excluding tert-OH is 2. The number of carbonyl (C=O) groups is 2. The first kappa shape index (κ1) is 25.7. The molecule has 0 aliphatic rings. The van der Waals surface area contributed by atoms with E-state index in [9.17, 15) is 9.59 Å². The van der Waals surface area contributed by atoms with Crippen LogP contribution in [-0.4, -0.2) is 55.2 Å². The van der Waals surface area contributed by atoms with Gasteiger partial charge in [-0.25, -0.2) is 0 Å². The van der Waals surface area contributed by atoms with Gasteiger partial charge in [-0.1, -0.05) is 26.7 Å². The van der Waals surface area contributed by atoms with Crippen LogP contribution in [0.1, 0.15) is 65.2 Å². The van der Waals surface area contributed by atoms with E-state index in [4.69, 9.17) is 30.6 Å². The molecule has 0 atom stereocenters. The third-order valence-corrected chi connectivity index (χ3v) is 2.13. The minimum atomic E-state index is -1.10. The van der Waals surface area contributed by atoms with Crippen LogP contribution < -0.4 is 0 Å². The van der Waals surface area contributed by atoms with Gasteiger partial charge in [0.1, 0.15) is 0 Å². The lowest BCUT2D eigenvalue weighted by molar-refractivity contribution is -0.139. The van der Waals surface area contributed by atoms with Crippen molar-refractivity contribution in [2.45, 2.75) is 77.8 Å². The van der Waals surface area contributed by atoms with Crippen molar-refractivity contribution < 1.29 is 40.2 Å². The van der Waals surface area contributed by atoms with Crippen LogP contribution in [0.15, 0.2) is 0 Å². The van der Waals surface area contributed by atoms with Crippen LogP contribution >= 0.6 is 0 Å². The van der Waals surface area contributed by atoms with E-state index in [1.807, 2.05) is 13.8 Å². The Morgan fingerprint density at radius 2 is 1.00 bits per heavy atom. The average molecular weight is 326 g/mol. The molecule has 0 amide bonds. The summed E-state index contributed by atoms with van der Waals surface area (Å²) in [6.07, 6.45) is 1.45. The average Bonchev–Trinajstić information content (AvgIpc) is 2.35. The highest BCUT2D eigenvalue weighted by molar-refractivity contribution is 5.67. The molecule has 0 spiro atoms. The molecule has 0 fully saturated rings. The van der Waals surface area contributed by atoms with E-state index >= 15 is 0 Å². The molecule has 0 aromatic rings. The number of carboxylic acids is 2. The minimum Gasteiger partial charge on any atom is -0.481 e. The van der Waals surface area contributed by atoms with Crippen LogP contribution in [0.4, 0.5) is 0 Å². The lowest BCUT2D eigenvalue weighted by Gasteiger charge is -1.94. The van der Waals surface area contributed by atoms with E-state index in [2.05, 4.69) is 0 Å². The Kier molecular flexibility index (Phi) is 23.1. The van der Waals surface area contributed by atoms with Gasteiger partial charge in [-0.05, 0) is 25.7 Å². The van der Waals surface area contributed by atoms with Crippen LogP contribution in [0.2, 0.25) is 0 Å². The van der Waals surface area contributed by atoms with Crippen molar-refractivity contribution in [1.29, 1.82) is 0 Å². The van der Waals surface area contributed by atoms with Gasteiger partial charge in [0.15, 0.2) is 12.6 Å². The molecule has 0 saturated heterocycles. The molecule has 0 radical (unpaired) electrons. The molecule has 0 unspecified atom stereocenters. The molecule has 0 aliphatic heterocycles. The highest BCUT2D eigenvalue weighted by Gasteiger charge is 1.99. The Morgan fingerprint density at radius 1 is 0.727 bits per heavy atom. The summed E-state index contributed by atoms with van der Waals surface area (Å²) >= 11 is 0. The van der Waals surface area contributed by atoms with Crippen molar-refractivity contribution in [2.24, 2.45) is 0 Å². The predicted octanol–water partition coefficient (Wildman–Crippen LogP) is 0.910. The van der Waals surface area contributed by atoms with Crippen LogP contribution in [0.25, 0.3) is 0 Å². The fraction of sp³-hybridized carbons (Fsp3) is 0.857. The van der Waals surface area contributed by atoms with Crippen LogP contribution in [0.5, 0.6) is 0 Å². The van der Waals surface area contributed by atoms with Gasteiger partial charge in [0.25, 0.3) is 0 Å². The number of rotatable bonds is 9. The van der Waals surface area contributed by atoms with Gasteiger partial charge < -0.3 is 30.6 Å². The lowest BCUT2D eigenvalue weighted by atomic mass is 10.2. The van der Waals surface area contributed by atoms with Crippen molar-refractivity contribution in [1.82, 2.24) is 0 Å². The number of unbranched alkanes of at least 4 members (excludes halogenated alkanes) is 1. The SMILES string of the molecule is CCCC(O)O.CCCC(O)O.O=C(O)CCCCC(=O)O. The molecule has 8 nitrogen and oxygen atoms in total. The summed E-state index contributed by atoms with van der Waals surface area (Å²) in [4.78, 5) is 19.8. The van der Waals surface area contributed by atoms with Crippen LogP contribution in [-0.2, 0) is 9.59 Å². The summed E-state index contributed by atoms with van der Waals surface area (Å²) in [5.41, 5.74) is 0. The Morgan fingerprint density at radius 3 is 1.09 bits per heavy atom. The smallest absolute Gasteiger partial charge is 0.303 e. The van der Waals surface area contributed by atoms with Crippen molar-refractivity contribution >= 4 is 11.9 Å². The van der Waals surface area contributed by atoms with Gasteiger partial charge in [0, 0.05) is 12.8 Å². The van der Waals surface area contributed by atoms with E-state index in [0.717, 1.165) is 12.8 Å². The van der Waals surface area contributed by atoms with Gasteiger partial charge in [-0.15, -0.1) is 0 Å². The molecule has 0 saturated carbocycles. The van der Waals surface area contributed by atoms with Crippen LogP contribution in [0.3, 0.4) is 0 Å². The molecule has 8 heteroatoms. The van der Waals surface area contributed by atoms with Crippen molar-refractivity contribution in [3.63, 3.8) is 0 Å². The molecular weight excluding hydrogens is 296 g/mol. The quantitative estimate of drug-likeness (QED) is 0.270. The summed E-state index contributed by atoms with van der Waals surface area (Å²) in [5.74, 6) is -1.74. The molecular formula is C14H30O8. The molecule has 0 aromatic carbocycles. The topological polar surface area (TPSA) is 156 Å². The van der Waals surface area contributed by atoms with Gasteiger partial charge in [0.05, 0.1) is 0 Å².